The van der Waals surface area contributed by atoms with Crippen molar-refractivity contribution >= 4 is 29.9 Å². The van der Waals surface area contributed by atoms with Crippen molar-refractivity contribution in [2.45, 2.75) is 32.5 Å². The number of guanidine groups is 1. The monoisotopic (exact) mass is 475 g/mol. The van der Waals surface area contributed by atoms with Gasteiger partial charge in [0.1, 0.15) is 18.5 Å². The van der Waals surface area contributed by atoms with Crippen LogP contribution in [0.15, 0.2) is 29.3 Å². The van der Waals surface area contributed by atoms with Crippen LogP contribution in [-0.4, -0.2) is 49.6 Å². The van der Waals surface area contributed by atoms with Gasteiger partial charge in [-0.3, -0.25) is 4.99 Å². The molecule has 0 spiro atoms. The number of aliphatic hydroxyl groups excluding tert-OH is 1. The Hall–Kier alpha value is -1.23. The van der Waals surface area contributed by atoms with Crippen molar-refractivity contribution in [2.75, 3.05) is 26.2 Å². The number of nitrogens with zero attached hydrogens (tertiary/aromatic N) is 1. The lowest BCUT2D eigenvalue weighted by atomic mass is 10.2. The molecule has 144 valence electrons. The summed E-state index contributed by atoms with van der Waals surface area (Å²) in [4.78, 5) is 4.06. The van der Waals surface area contributed by atoms with Gasteiger partial charge in [0.2, 0.25) is 0 Å². The Morgan fingerprint density at radius 2 is 2.04 bits per heavy atom. The Morgan fingerprint density at radius 3 is 2.64 bits per heavy atom. The van der Waals surface area contributed by atoms with Crippen LogP contribution in [0.3, 0.4) is 0 Å². The third-order valence-corrected chi connectivity index (χ3v) is 2.94. The molecule has 0 heterocycles. The number of aliphatic imine (C=N–C) groups is 1. The minimum Gasteiger partial charge on any atom is -0.491 e. The smallest absolute Gasteiger partial charge is 0.390 e. The minimum absolute atomic E-state index is 0. The van der Waals surface area contributed by atoms with Crippen LogP contribution in [0.2, 0.25) is 0 Å². The van der Waals surface area contributed by atoms with Crippen LogP contribution in [0.4, 0.5) is 13.2 Å². The van der Waals surface area contributed by atoms with Crippen molar-refractivity contribution in [2.24, 2.45) is 4.99 Å². The second-order valence-electron chi connectivity index (χ2n) is 5.29. The lowest BCUT2D eigenvalue weighted by molar-refractivity contribution is -0.132. The molecule has 9 heteroatoms. The fourth-order valence-electron chi connectivity index (χ4n) is 1.81. The molecule has 1 aromatic rings. The predicted octanol–water partition coefficient (Wildman–Crippen LogP) is 2.86. The Morgan fingerprint density at radius 1 is 1.32 bits per heavy atom. The largest absolute Gasteiger partial charge is 0.491 e. The summed E-state index contributed by atoms with van der Waals surface area (Å²) >= 11 is 0. The molecule has 25 heavy (non-hydrogen) atoms. The van der Waals surface area contributed by atoms with Crippen LogP contribution in [0.1, 0.15) is 18.9 Å². The maximum absolute atomic E-state index is 12.1. The van der Waals surface area contributed by atoms with Crippen LogP contribution in [-0.2, 0) is 0 Å². The Labute approximate surface area is 163 Å². The van der Waals surface area contributed by atoms with Gasteiger partial charge in [-0.1, -0.05) is 12.1 Å². The first-order valence-electron chi connectivity index (χ1n) is 7.76. The van der Waals surface area contributed by atoms with Gasteiger partial charge >= 0.3 is 6.18 Å². The number of nitrogens with one attached hydrogen (secondary N) is 2. The van der Waals surface area contributed by atoms with E-state index in [0.29, 0.717) is 12.3 Å². The highest BCUT2D eigenvalue weighted by molar-refractivity contribution is 14.0. The van der Waals surface area contributed by atoms with Crippen LogP contribution in [0, 0.1) is 6.92 Å². The van der Waals surface area contributed by atoms with Gasteiger partial charge in [-0.25, -0.2) is 0 Å². The summed E-state index contributed by atoms with van der Waals surface area (Å²) in [7, 11) is 0. The molecular formula is C16H25F3IN3O2. The van der Waals surface area contributed by atoms with E-state index in [2.05, 4.69) is 15.6 Å². The molecule has 1 unspecified atom stereocenters. The molecule has 0 saturated carbocycles. The highest BCUT2D eigenvalue weighted by Crippen LogP contribution is 2.18. The van der Waals surface area contributed by atoms with E-state index in [4.69, 9.17) is 4.74 Å². The second kappa shape index (κ2) is 12.2. The number of hydrogen-bond donors (Lipinski definition) is 3. The van der Waals surface area contributed by atoms with Crippen molar-refractivity contribution in [1.82, 2.24) is 10.6 Å². The predicted molar refractivity (Wildman–Crippen MR) is 103 cm³/mol. The Kier molecular flexibility index (Phi) is 11.6. The number of halogens is 4. The molecule has 5 nitrogen and oxygen atoms in total. The van der Waals surface area contributed by atoms with Crippen LogP contribution < -0.4 is 15.4 Å². The highest BCUT2D eigenvalue weighted by Gasteiger charge is 2.26. The van der Waals surface area contributed by atoms with Gasteiger partial charge in [0, 0.05) is 13.1 Å². The first-order valence-corrected chi connectivity index (χ1v) is 7.76. The van der Waals surface area contributed by atoms with Crippen molar-refractivity contribution in [3.63, 3.8) is 0 Å². The van der Waals surface area contributed by atoms with Gasteiger partial charge in [-0.15, -0.1) is 24.0 Å². The molecule has 3 N–H and O–H groups in total. The number of alkyl halides is 3. The fourth-order valence-corrected chi connectivity index (χ4v) is 1.81. The first kappa shape index (κ1) is 23.8. The van der Waals surface area contributed by atoms with Gasteiger partial charge in [-0.05, 0) is 31.5 Å². The molecule has 0 fully saturated rings. The van der Waals surface area contributed by atoms with E-state index < -0.39 is 18.7 Å². The van der Waals surface area contributed by atoms with E-state index in [9.17, 15) is 18.3 Å². The highest BCUT2D eigenvalue weighted by atomic mass is 127. The maximum atomic E-state index is 12.1. The SMILES string of the molecule is CCNC(=NCC(O)COc1cccc(C)c1)NCCC(F)(F)F.I. The standard InChI is InChI=1S/C16H24F3N3O2.HI/c1-3-20-15(21-8-7-16(17,18)19)22-10-13(23)11-24-14-6-4-5-12(2)9-14;/h4-6,9,13,23H,3,7-8,10-11H2,1-2H3,(H2,20,21,22);1H. The average molecular weight is 475 g/mol. The van der Waals surface area contributed by atoms with Crippen LogP contribution in [0.5, 0.6) is 5.75 Å². The topological polar surface area (TPSA) is 65.9 Å². The quantitative estimate of drug-likeness (QED) is 0.308. The number of benzene rings is 1. The van der Waals surface area contributed by atoms with E-state index >= 15 is 0 Å². The molecule has 0 bridgehead atoms. The average Bonchev–Trinajstić information content (AvgIpc) is 2.49. The summed E-state index contributed by atoms with van der Waals surface area (Å²) in [5.74, 6) is 0.879. The van der Waals surface area contributed by atoms with Crippen molar-refractivity contribution in [3.05, 3.63) is 29.8 Å². The molecule has 0 aromatic heterocycles. The molecule has 1 rings (SSSR count). The maximum Gasteiger partial charge on any atom is 0.390 e. The van der Waals surface area contributed by atoms with Crippen molar-refractivity contribution in [1.29, 1.82) is 0 Å². The summed E-state index contributed by atoms with van der Waals surface area (Å²) in [6.07, 6.45) is -6.02. The van der Waals surface area contributed by atoms with E-state index in [1.54, 1.807) is 13.0 Å². The molecule has 0 aliphatic rings. The molecule has 1 atom stereocenters. The number of rotatable bonds is 8. The normalized spacial score (nSPS) is 13.0. The molecule has 0 aliphatic carbocycles. The number of aliphatic hydroxyl groups is 1. The second-order valence-corrected chi connectivity index (χ2v) is 5.29. The van der Waals surface area contributed by atoms with E-state index in [0.717, 1.165) is 5.56 Å². The lowest BCUT2D eigenvalue weighted by Gasteiger charge is -2.14. The zero-order valence-corrected chi connectivity index (χ0v) is 16.6. The van der Waals surface area contributed by atoms with Gasteiger partial charge in [-0.2, -0.15) is 13.2 Å². The van der Waals surface area contributed by atoms with Gasteiger partial charge in [0.25, 0.3) is 0 Å². The first-order chi connectivity index (χ1) is 11.3. The van der Waals surface area contributed by atoms with Gasteiger partial charge in [0.05, 0.1) is 13.0 Å². The van der Waals surface area contributed by atoms with Crippen LogP contribution >= 0.6 is 24.0 Å². The molecule has 0 aliphatic heterocycles. The number of hydrogen-bond acceptors (Lipinski definition) is 3. The van der Waals surface area contributed by atoms with E-state index in [-0.39, 0.29) is 49.6 Å². The van der Waals surface area contributed by atoms with Crippen molar-refractivity contribution in [3.8, 4) is 5.75 Å². The number of ether oxygens (including phenoxy) is 1. The molecule has 0 radical (unpaired) electrons. The van der Waals surface area contributed by atoms with Gasteiger partial charge in [0.15, 0.2) is 5.96 Å². The van der Waals surface area contributed by atoms with E-state index in [1.807, 2.05) is 25.1 Å². The zero-order valence-electron chi connectivity index (χ0n) is 14.3. The van der Waals surface area contributed by atoms with E-state index in [1.165, 1.54) is 0 Å². The Bertz CT molecular complexity index is 528. The third kappa shape index (κ3) is 11.9. The molecule has 0 amide bonds. The van der Waals surface area contributed by atoms with Crippen LogP contribution in [0.25, 0.3) is 0 Å². The zero-order chi connectivity index (χ0) is 18.0. The van der Waals surface area contributed by atoms with Gasteiger partial charge < -0.3 is 20.5 Å². The molecule has 1 aromatic carbocycles. The molecule has 0 saturated heterocycles. The summed E-state index contributed by atoms with van der Waals surface area (Å²) in [5, 5.41) is 15.3. The summed E-state index contributed by atoms with van der Waals surface area (Å²) < 4.78 is 41.9. The summed E-state index contributed by atoms with van der Waals surface area (Å²) in [5.41, 5.74) is 1.04. The summed E-state index contributed by atoms with van der Waals surface area (Å²) in [6, 6.07) is 7.41. The van der Waals surface area contributed by atoms with Crippen molar-refractivity contribution < 1.29 is 23.0 Å². The Balaban J connectivity index is 0.00000576. The number of aryl methyl sites for hydroxylation is 1. The fraction of sp³-hybridized carbons (Fsp3) is 0.562. The minimum atomic E-state index is -4.22. The molecular weight excluding hydrogens is 450 g/mol. The summed E-state index contributed by atoms with van der Waals surface area (Å²) in [6.45, 7) is 4.04. The third-order valence-electron chi connectivity index (χ3n) is 2.94. The lowest BCUT2D eigenvalue weighted by Crippen LogP contribution is -2.39.